The summed E-state index contributed by atoms with van der Waals surface area (Å²) in [6, 6.07) is -1.31. The first kappa shape index (κ1) is 34.4. The highest BCUT2D eigenvalue weighted by Gasteiger charge is 2.46. The number of nitrogens with zero attached hydrogens (tertiary/aromatic N) is 3. The maximum absolute atomic E-state index is 13.3. The average Bonchev–Trinajstić information content (AvgIpc) is 3.45. The fourth-order valence-corrected chi connectivity index (χ4v) is 6.95. The van der Waals surface area contributed by atoms with Gasteiger partial charge in [0.1, 0.15) is 36.0 Å². The molecule has 0 bridgehead atoms. The molecule has 0 radical (unpaired) electrons. The van der Waals surface area contributed by atoms with Gasteiger partial charge < -0.3 is 29.6 Å². The summed E-state index contributed by atoms with van der Waals surface area (Å²) in [6.45, 7) is 3.06. The lowest BCUT2D eigenvalue weighted by Gasteiger charge is -2.24. The number of ether oxygens (including phenoxy) is 2. The lowest BCUT2D eigenvalue weighted by Crippen LogP contribution is -2.35. The van der Waals surface area contributed by atoms with Crippen LogP contribution in [0.3, 0.4) is 0 Å². The third-order valence-corrected chi connectivity index (χ3v) is 9.46. The van der Waals surface area contributed by atoms with Crippen LogP contribution in [0.25, 0.3) is 11.2 Å². The summed E-state index contributed by atoms with van der Waals surface area (Å²) in [5.74, 6) is -1.18. The number of aryl methyl sites for hydroxylation is 1. The van der Waals surface area contributed by atoms with E-state index in [1.165, 1.54) is 31.7 Å². The number of esters is 1. The van der Waals surface area contributed by atoms with Gasteiger partial charge in [-0.25, -0.2) is 24.2 Å². The molecule has 1 aliphatic rings. The number of carbonyl (C=O) groups is 2. The van der Waals surface area contributed by atoms with Crippen LogP contribution in [-0.2, 0) is 41.6 Å². The topological polar surface area (TPSA) is 251 Å². The standard InChI is InChI=1S/C21H32ClN5O13P2/c1-4-36-21(32)11(2)26-41(33,37-7-5-6-13(28)8-22)40-42(34,35)38-9-14-16(29)17(30)20(39-14)27-10-23-15-18(27)24-12(3)25-19(15)31/h10-11,14,16-17,20,29-30H,4-9H2,1-3H3,(H,26,33)(H,34,35)(H,24,25,31)/t11-,14+,16+,17+,20+,41?/m0/s1. The third-order valence-electron chi connectivity index (χ3n) is 5.78. The number of nitrogens with one attached hydrogen (secondary N) is 2. The van der Waals surface area contributed by atoms with E-state index in [0.29, 0.717) is 0 Å². The van der Waals surface area contributed by atoms with Gasteiger partial charge in [0, 0.05) is 6.42 Å². The summed E-state index contributed by atoms with van der Waals surface area (Å²) in [5, 5.41) is 23.3. The van der Waals surface area contributed by atoms with E-state index in [1.807, 2.05) is 0 Å². The molecule has 236 valence electrons. The van der Waals surface area contributed by atoms with Crippen LogP contribution >= 0.6 is 27.2 Å². The second kappa shape index (κ2) is 14.6. The van der Waals surface area contributed by atoms with Crippen LogP contribution in [0.15, 0.2) is 11.1 Å². The molecule has 0 spiro atoms. The summed E-state index contributed by atoms with van der Waals surface area (Å²) in [7, 11) is -10.0. The van der Waals surface area contributed by atoms with E-state index in [9.17, 15) is 38.6 Å². The van der Waals surface area contributed by atoms with Crippen LogP contribution < -0.4 is 10.6 Å². The van der Waals surface area contributed by atoms with Crippen LogP contribution in [0, 0.1) is 6.92 Å². The molecule has 18 nitrogen and oxygen atoms in total. The van der Waals surface area contributed by atoms with Crippen molar-refractivity contribution >= 4 is 50.1 Å². The van der Waals surface area contributed by atoms with Crippen molar-refractivity contribution in [2.45, 2.75) is 64.2 Å². The zero-order valence-corrected chi connectivity index (χ0v) is 25.3. The molecule has 2 unspecified atom stereocenters. The number of rotatable bonds is 16. The summed E-state index contributed by atoms with van der Waals surface area (Å²) in [6.07, 6.45) is -4.84. The molecule has 42 heavy (non-hydrogen) atoms. The van der Waals surface area contributed by atoms with Gasteiger partial charge >= 0.3 is 21.5 Å². The Balaban J connectivity index is 1.69. The van der Waals surface area contributed by atoms with Gasteiger partial charge in [0.25, 0.3) is 5.56 Å². The molecule has 5 N–H and O–H groups in total. The molecule has 1 saturated heterocycles. The van der Waals surface area contributed by atoms with E-state index in [4.69, 9.17) is 34.4 Å². The molecule has 0 saturated carbocycles. The third kappa shape index (κ3) is 8.74. The lowest BCUT2D eigenvalue weighted by molar-refractivity contribution is -0.144. The first-order chi connectivity index (χ1) is 19.7. The number of ketones is 1. The normalized spacial score (nSPS) is 24.3. The van der Waals surface area contributed by atoms with Gasteiger partial charge in [0.05, 0.1) is 32.0 Å². The van der Waals surface area contributed by atoms with Gasteiger partial charge in [0.15, 0.2) is 17.4 Å². The average molecular weight is 660 g/mol. The summed E-state index contributed by atoms with van der Waals surface area (Å²) in [5.41, 5.74) is -0.533. The Morgan fingerprint density at radius 1 is 1.29 bits per heavy atom. The molecule has 0 amide bonds. The SMILES string of the molecule is CCOC(=O)[C@H](C)NP(=O)(OCCCC(=O)CCl)OP(=O)(O)OC[C@H]1O[C@@H](n2cnc3c(=O)[nH]c(C)nc32)[C@H](O)[C@@H]1O. The number of halogens is 1. The second-order valence-corrected chi connectivity index (χ2v) is 12.7. The van der Waals surface area contributed by atoms with Crippen LogP contribution in [0.1, 0.15) is 38.7 Å². The van der Waals surface area contributed by atoms with Crippen molar-refractivity contribution in [1.29, 1.82) is 0 Å². The van der Waals surface area contributed by atoms with E-state index in [1.54, 1.807) is 0 Å². The molecule has 0 aliphatic carbocycles. The maximum Gasteiger partial charge on any atom is 0.480 e. The Kier molecular flexibility index (Phi) is 12.0. The minimum absolute atomic E-state index is 0.00337. The number of Topliss-reactive ketones (excluding diaryl/α,β-unsaturated/α-hetero) is 1. The van der Waals surface area contributed by atoms with E-state index in [2.05, 4.69) is 20.0 Å². The lowest BCUT2D eigenvalue weighted by atomic mass is 10.1. The van der Waals surface area contributed by atoms with Gasteiger partial charge in [-0.3, -0.25) is 28.0 Å². The van der Waals surface area contributed by atoms with Crippen molar-refractivity contribution in [2.75, 3.05) is 25.7 Å². The fourth-order valence-electron chi connectivity index (χ4n) is 3.81. The number of carbonyl (C=O) groups excluding carboxylic acids is 2. The quantitative estimate of drug-likeness (QED) is 0.0709. The number of imidazole rings is 1. The zero-order chi connectivity index (χ0) is 31.2. The smallest absolute Gasteiger partial charge is 0.465 e. The van der Waals surface area contributed by atoms with E-state index in [-0.39, 0.29) is 48.1 Å². The predicted octanol–water partition coefficient (Wildman–Crippen LogP) is 0.435. The zero-order valence-electron chi connectivity index (χ0n) is 22.7. The number of alkyl halides is 1. The summed E-state index contributed by atoms with van der Waals surface area (Å²) in [4.78, 5) is 56.5. The number of aromatic amines is 1. The number of fused-ring (bicyclic) bond motifs is 1. The van der Waals surface area contributed by atoms with E-state index in [0.717, 1.165) is 0 Å². The van der Waals surface area contributed by atoms with E-state index >= 15 is 0 Å². The van der Waals surface area contributed by atoms with Gasteiger partial charge in [-0.15, -0.1) is 11.6 Å². The first-order valence-corrected chi connectivity index (χ1v) is 16.2. The molecule has 0 aromatic carbocycles. The molecule has 2 aromatic heterocycles. The number of aromatic nitrogens is 4. The highest BCUT2D eigenvalue weighted by atomic mass is 35.5. The number of hydrogen-bond acceptors (Lipinski definition) is 14. The largest absolute Gasteiger partial charge is 0.480 e. The predicted molar refractivity (Wildman–Crippen MR) is 143 cm³/mol. The molecule has 2 aromatic rings. The number of phosphoric acid groups is 1. The molecule has 21 heteroatoms. The second-order valence-electron chi connectivity index (χ2n) is 9.08. The monoisotopic (exact) mass is 659 g/mol. The first-order valence-electron chi connectivity index (χ1n) is 12.6. The van der Waals surface area contributed by atoms with Crippen molar-refractivity contribution in [3.8, 4) is 0 Å². The number of H-pyrrole nitrogens is 1. The molecule has 1 fully saturated rings. The van der Waals surface area contributed by atoms with Crippen molar-refractivity contribution in [2.24, 2.45) is 0 Å². The highest BCUT2D eigenvalue weighted by molar-refractivity contribution is 7.63. The van der Waals surface area contributed by atoms with Gasteiger partial charge in [-0.2, -0.15) is 4.31 Å². The minimum atomic E-state index is -5.26. The number of aliphatic hydroxyl groups excluding tert-OH is 2. The van der Waals surface area contributed by atoms with Crippen LogP contribution in [0.2, 0.25) is 0 Å². The summed E-state index contributed by atoms with van der Waals surface area (Å²) >= 11 is 5.44. The number of aliphatic hydroxyl groups is 2. The fraction of sp³-hybridized carbons (Fsp3) is 0.667. The Bertz CT molecular complexity index is 1420. The Hall–Kier alpha value is -2.08. The van der Waals surface area contributed by atoms with Crippen molar-refractivity contribution in [3.05, 3.63) is 22.5 Å². The number of phosphoric ester groups is 1. The van der Waals surface area contributed by atoms with Crippen LogP contribution in [0.4, 0.5) is 0 Å². The Morgan fingerprint density at radius 3 is 2.67 bits per heavy atom. The molecule has 3 heterocycles. The van der Waals surface area contributed by atoms with Gasteiger partial charge in [0.2, 0.25) is 0 Å². The highest BCUT2D eigenvalue weighted by Crippen LogP contribution is 2.61. The van der Waals surface area contributed by atoms with Crippen LogP contribution in [0.5, 0.6) is 0 Å². The Morgan fingerprint density at radius 2 is 2.00 bits per heavy atom. The van der Waals surface area contributed by atoms with Crippen molar-refractivity contribution in [3.63, 3.8) is 0 Å². The molecular weight excluding hydrogens is 628 g/mol. The minimum Gasteiger partial charge on any atom is -0.465 e. The maximum atomic E-state index is 13.3. The molecule has 1 aliphatic heterocycles. The summed E-state index contributed by atoms with van der Waals surface area (Å²) < 4.78 is 52.5. The van der Waals surface area contributed by atoms with Gasteiger partial charge in [-0.05, 0) is 27.2 Å². The number of hydrogen-bond donors (Lipinski definition) is 5. The Labute approximate surface area is 243 Å². The molecular formula is C21H32ClN5O13P2. The van der Waals surface area contributed by atoms with Gasteiger partial charge in [-0.1, -0.05) is 0 Å². The molecule has 7 atom stereocenters. The van der Waals surface area contributed by atoms with Crippen LogP contribution in [-0.4, -0.2) is 96.4 Å². The van der Waals surface area contributed by atoms with Crippen molar-refractivity contribution < 1.29 is 56.7 Å². The molecule has 3 rings (SSSR count). The van der Waals surface area contributed by atoms with Crippen molar-refractivity contribution in [1.82, 2.24) is 24.6 Å². The van der Waals surface area contributed by atoms with E-state index < -0.39 is 70.9 Å².